The maximum absolute atomic E-state index is 12.3. The number of aryl methyl sites for hydroxylation is 1. The Labute approximate surface area is 152 Å². The number of rotatable bonds is 5. The smallest absolute Gasteiger partial charge is 0.257 e. The van der Waals surface area contributed by atoms with Gasteiger partial charge in [0.05, 0.1) is 17.6 Å². The van der Waals surface area contributed by atoms with Crippen LogP contribution in [0.15, 0.2) is 47.3 Å². The van der Waals surface area contributed by atoms with Crippen LogP contribution >= 0.6 is 11.8 Å². The molecule has 25 heavy (non-hydrogen) atoms. The van der Waals surface area contributed by atoms with Crippen LogP contribution < -0.4 is 0 Å². The van der Waals surface area contributed by atoms with Gasteiger partial charge in [0.25, 0.3) is 5.91 Å². The molecule has 1 saturated heterocycles. The number of nitrogens with zero attached hydrogens (tertiary/aromatic N) is 2. The number of piperazine rings is 1. The summed E-state index contributed by atoms with van der Waals surface area (Å²) in [6.45, 7) is 4.38. The van der Waals surface area contributed by atoms with Gasteiger partial charge in [-0.15, -0.1) is 11.8 Å². The molecule has 1 aliphatic rings. The molecule has 0 unspecified atom stereocenters. The summed E-state index contributed by atoms with van der Waals surface area (Å²) in [4.78, 5) is 28.2. The Morgan fingerprint density at radius 2 is 1.72 bits per heavy atom. The van der Waals surface area contributed by atoms with Crippen LogP contribution in [-0.4, -0.2) is 53.5 Å². The summed E-state index contributed by atoms with van der Waals surface area (Å²) in [6, 6.07) is 10.1. The molecule has 3 rings (SSSR count). The summed E-state index contributed by atoms with van der Waals surface area (Å²) < 4.78 is 4.96. The van der Waals surface area contributed by atoms with E-state index in [-0.39, 0.29) is 11.8 Å². The van der Waals surface area contributed by atoms with Crippen LogP contribution in [0.5, 0.6) is 0 Å². The van der Waals surface area contributed by atoms with E-state index in [9.17, 15) is 9.59 Å². The van der Waals surface area contributed by atoms with Crippen LogP contribution in [0.1, 0.15) is 21.5 Å². The summed E-state index contributed by atoms with van der Waals surface area (Å²) in [6.07, 6.45) is 2.96. The highest BCUT2D eigenvalue weighted by atomic mass is 32.2. The molecule has 0 N–H and O–H groups in total. The fourth-order valence-corrected chi connectivity index (χ4v) is 3.65. The summed E-state index contributed by atoms with van der Waals surface area (Å²) in [5.41, 5.74) is 3.04. The molecule has 0 aliphatic carbocycles. The predicted octanol–water partition coefficient (Wildman–Crippen LogP) is 2.81. The van der Waals surface area contributed by atoms with E-state index in [0.717, 1.165) is 5.75 Å². The Morgan fingerprint density at radius 1 is 1.04 bits per heavy atom. The van der Waals surface area contributed by atoms with E-state index in [1.165, 1.54) is 23.7 Å². The van der Waals surface area contributed by atoms with Crippen LogP contribution in [0.4, 0.5) is 0 Å². The molecule has 0 radical (unpaired) electrons. The fraction of sp³-hybridized carbons (Fsp3) is 0.368. The van der Waals surface area contributed by atoms with Gasteiger partial charge in [-0.2, -0.15) is 0 Å². The third kappa shape index (κ3) is 4.66. The van der Waals surface area contributed by atoms with Crippen molar-refractivity contribution in [1.82, 2.24) is 9.80 Å². The predicted molar refractivity (Wildman–Crippen MR) is 98.5 cm³/mol. The number of hydrogen-bond donors (Lipinski definition) is 0. The quantitative estimate of drug-likeness (QED) is 0.825. The number of carbonyl (C=O) groups is 2. The lowest BCUT2D eigenvalue weighted by atomic mass is 10.2. The molecule has 0 atom stereocenters. The Bertz CT molecular complexity index is 705. The van der Waals surface area contributed by atoms with E-state index >= 15 is 0 Å². The Hall–Kier alpha value is -2.21. The van der Waals surface area contributed by atoms with Crippen molar-refractivity contribution in [3.8, 4) is 0 Å². The van der Waals surface area contributed by atoms with Crippen LogP contribution in [0.2, 0.25) is 0 Å². The second kappa shape index (κ2) is 8.25. The second-order valence-electron chi connectivity index (χ2n) is 6.16. The van der Waals surface area contributed by atoms with Crippen molar-refractivity contribution in [2.75, 3.05) is 31.9 Å². The molecule has 1 aromatic heterocycles. The lowest BCUT2D eigenvalue weighted by Crippen LogP contribution is -2.51. The minimum absolute atomic E-state index is 0.0328. The normalized spacial score (nSPS) is 14.6. The summed E-state index contributed by atoms with van der Waals surface area (Å²) in [7, 11) is 0. The van der Waals surface area contributed by atoms with E-state index < -0.39 is 0 Å². The number of hydrogen-bond acceptors (Lipinski definition) is 4. The number of amides is 2. The van der Waals surface area contributed by atoms with Crippen molar-refractivity contribution in [3.05, 3.63) is 59.5 Å². The molecule has 1 fully saturated rings. The first kappa shape index (κ1) is 17.6. The van der Waals surface area contributed by atoms with Gasteiger partial charge in [-0.25, -0.2) is 0 Å². The van der Waals surface area contributed by atoms with E-state index in [1.807, 2.05) is 4.90 Å². The van der Waals surface area contributed by atoms with Crippen molar-refractivity contribution in [2.45, 2.75) is 12.7 Å². The monoisotopic (exact) mass is 358 g/mol. The molecule has 132 valence electrons. The largest absolute Gasteiger partial charge is 0.472 e. The average molecular weight is 358 g/mol. The second-order valence-corrected chi connectivity index (χ2v) is 7.15. The van der Waals surface area contributed by atoms with Crippen molar-refractivity contribution in [2.24, 2.45) is 0 Å². The van der Waals surface area contributed by atoms with Crippen LogP contribution in [-0.2, 0) is 10.5 Å². The van der Waals surface area contributed by atoms with E-state index in [1.54, 1.807) is 22.7 Å². The number of thioether (sulfide) groups is 1. The Balaban J connectivity index is 1.41. The van der Waals surface area contributed by atoms with Gasteiger partial charge in [-0.05, 0) is 18.6 Å². The Morgan fingerprint density at radius 3 is 2.36 bits per heavy atom. The molecular weight excluding hydrogens is 336 g/mol. The van der Waals surface area contributed by atoms with E-state index in [4.69, 9.17) is 4.42 Å². The molecule has 0 saturated carbocycles. The molecule has 2 heterocycles. The SMILES string of the molecule is Cc1ccc(CSCC(=O)N2CCN(C(=O)c3ccoc3)CC2)cc1. The van der Waals surface area contributed by atoms with Gasteiger partial charge in [-0.3, -0.25) is 9.59 Å². The average Bonchev–Trinajstić information content (AvgIpc) is 3.17. The van der Waals surface area contributed by atoms with Gasteiger partial charge < -0.3 is 14.2 Å². The van der Waals surface area contributed by atoms with Gasteiger partial charge in [0.15, 0.2) is 0 Å². The fourth-order valence-electron chi connectivity index (χ4n) is 2.76. The van der Waals surface area contributed by atoms with E-state index in [2.05, 4.69) is 31.2 Å². The van der Waals surface area contributed by atoms with Crippen LogP contribution in [0.3, 0.4) is 0 Å². The topological polar surface area (TPSA) is 53.8 Å². The van der Waals surface area contributed by atoms with Gasteiger partial charge in [-0.1, -0.05) is 29.8 Å². The standard InChI is InChI=1S/C19H22N2O3S/c1-15-2-4-16(5-3-15)13-25-14-18(22)20-7-9-21(10-8-20)19(23)17-6-11-24-12-17/h2-6,11-12H,7-10,13-14H2,1H3. The third-order valence-electron chi connectivity index (χ3n) is 4.30. The van der Waals surface area contributed by atoms with Crippen LogP contribution in [0, 0.1) is 6.92 Å². The van der Waals surface area contributed by atoms with Crippen LogP contribution in [0.25, 0.3) is 0 Å². The molecule has 1 aromatic carbocycles. The number of furan rings is 1. The van der Waals surface area contributed by atoms with Crippen molar-refractivity contribution >= 4 is 23.6 Å². The third-order valence-corrected chi connectivity index (χ3v) is 5.29. The molecular formula is C19H22N2O3S. The van der Waals surface area contributed by atoms with Crippen molar-refractivity contribution in [1.29, 1.82) is 0 Å². The highest BCUT2D eigenvalue weighted by molar-refractivity contribution is 7.99. The molecule has 5 nitrogen and oxygen atoms in total. The van der Waals surface area contributed by atoms with Crippen molar-refractivity contribution < 1.29 is 14.0 Å². The summed E-state index contributed by atoms with van der Waals surface area (Å²) >= 11 is 1.63. The first-order valence-corrected chi connectivity index (χ1v) is 9.51. The zero-order chi connectivity index (χ0) is 17.6. The number of benzene rings is 1. The lowest BCUT2D eigenvalue weighted by molar-refractivity contribution is -0.129. The Kier molecular flexibility index (Phi) is 5.81. The molecule has 1 aliphatic heterocycles. The lowest BCUT2D eigenvalue weighted by Gasteiger charge is -2.34. The van der Waals surface area contributed by atoms with Gasteiger partial charge in [0.1, 0.15) is 6.26 Å². The highest BCUT2D eigenvalue weighted by Gasteiger charge is 2.25. The summed E-state index contributed by atoms with van der Waals surface area (Å²) in [5, 5.41) is 0. The zero-order valence-electron chi connectivity index (χ0n) is 14.3. The molecule has 6 heteroatoms. The van der Waals surface area contributed by atoms with E-state index in [0.29, 0.717) is 37.5 Å². The first-order chi connectivity index (χ1) is 12.1. The zero-order valence-corrected chi connectivity index (χ0v) is 15.1. The highest BCUT2D eigenvalue weighted by Crippen LogP contribution is 2.15. The minimum atomic E-state index is -0.0328. The van der Waals surface area contributed by atoms with Gasteiger partial charge in [0, 0.05) is 31.9 Å². The summed E-state index contributed by atoms with van der Waals surface area (Å²) in [5.74, 6) is 1.43. The minimum Gasteiger partial charge on any atom is -0.472 e. The number of carbonyl (C=O) groups excluding carboxylic acids is 2. The van der Waals surface area contributed by atoms with Gasteiger partial charge in [0.2, 0.25) is 5.91 Å². The van der Waals surface area contributed by atoms with Crippen molar-refractivity contribution in [3.63, 3.8) is 0 Å². The molecule has 2 aromatic rings. The maximum Gasteiger partial charge on any atom is 0.257 e. The van der Waals surface area contributed by atoms with Gasteiger partial charge >= 0.3 is 0 Å². The maximum atomic E-state index is 12.3. The molecule has 2 amide bonds. The molecule has 0 spiro atoms. The molecule has 0 bridgehead atoms. The first-order valence-electron chi connectivity index (χ1n) is 8.36.